The quantitative estimate of drug-likeness (QED) is 0.398. The first-order chi connectivity index (χ1) is 6.93. The van der Waals surface area contributed by atoms with Gasteiger partial charge < -0.3 is 0 Å². The van der Waals surface area contributed by atoms with E-state index in [1.807, 2.05) is 0 Å². The molecule has 0 fully saturated rings. The Bertz CT molecular complexity index is 292. The van der Waals surface area contributed by atoms with Crippen LogP contribution in [0.1, 0.15) is 32.6 Å². The second-order valence-corrected chi connectivity index (χ2v) is 5.00. The Kier molecular flexibility index (Phi) is 5.86. The molecular formula is C13H18Si. The van der Waals surface area contributed by atoms with E-state index in [2.05, 4.69) is 48.7 Å². The van der Waals surface area contributed by atoms with Gasteiger partial charge in [-0.2, -0.15) is 0 Å². The van der Waals surface area contributed by atoms with E-state index in [0.29, 0.717) is 0 Å². The zero-order valence-corrected chi connectivity index (χ0v) is 10.3. The first kappa shape index (κ1) is 11.1. The summed E-state index contributed by atoms with van der Waals surface area (Å²) in [7, 11) is -0.307. The lowest BCUT2D eigenvalue weighted by molar-refractivity contribution is 0.737. The van der Waals surface area contributed by atoms with Gasteiger partial charge in [-0.15, -0.1) is 11.5 Å². The van der Waals surface area contributed by atoms with E-state index in [9.17, 15) is 0 Å². The van der Waals surface area contributed by atoms with Gasteiger partial charge in [0.25, 0.3) is 0 Å². The van der Waals surface area contributed by atoms with Crippen molar-refractivity contribution >= 4 is 14.7 Å². The normalized spacial score (nSPS) is 10.1. The minimum Gasteiger partial charge on any atom is -0.134 e. The Morgan fingerprint density at radius 1 is 1.14 bits per heavy atom. The van der Waals surface area contributed by atoms with Crippen LogP contribution in [0, 0.1) is 11.5 Å². The Hall–Kier alpha value is -1.00. The van der Waals surface area contributed by atoms with Crippen molar-refractivity contribution < 1.29 is 0 Å². The van der Waals surface area contributed by atoms with Crippen molar-refractivity contribution in [3.63, 3.8) is 0 Å². The van der Waals surface area contributed by atoms with Crippen LogP contribution in [-0.2, 0) is 0 Å². The van der Waals surface area contributed by atoms with Gasteiger partial charge in [0.2, 0.25) is 0 Å². The van der Waals surface area contributed by atoms with Crippen LogP contribution < -0.4 is 5.19 Å². The van der Waals surface area contributed by atoms with Crippen LogP contribution in [0.4, 0.5) is 0 Å². The van der Waals surface area contributed by atoms with Gasteiger partial charge >= 0.3 is 0 Å². The van der Waals surface area contributed by atoms with Gasteiger partial charge in [0.15, 0.2) is 0 Å². The predicted octanol–water partition coefficient (Wildman–Crippen LogP) is 2.02. The fourth-order valence-corrected chi connectivity index (χ4v) is 2.33. The maximum atomic E-state index is 3.35. The molecule has 0 aliphatic rings. The molecule has 0 bridgehead atoms. The standard InChI is InChI=1S/C13H18Si/c1-2-3-4-5-9-12-14-13-10-7-6-8-11-13/h6-8,10-11H,2-5,14H2,1H3. The number of unbranched alkanes of at least 4 members (excludes halogenated alkanes) is 3. The molecule has 0 aliphatic carbocycles. The third kappa shape index (κ3) is 4.89. The number of hydrogen-bond acceptors (Lipinski definition) is 0. The second kappa shape index (κ2) is 7.41. The van der Waals surface area contributed by atoms with Crippen LogP contribution in [0.5, 0.6) is 0 Å². The van der Waals surface area contributed by atoms with Crippen LogP contribution in [0.15, 0.2) is 30.3 Å². The molecular weight excluding hydrogens is 184 g/mol. The smallest absolute Gasteiger partial charge is 0.134 e. The molecule has 14 heavy (non-hydrogen) atoms. The molecule has 0 aromatic heterocycles. The first-order valence-corrected chi connectivity index (χ1v) is 6.84. The summed E-state index contributed by atoms with van der Waals surface area (Å²) in [4.78, 5) is 0. The summed E-state index contributed by atoms with van der Waals surface area (Å²) in [6.45, 7) is 2.23. The minimum absolute atomic E-state index is 0.307. The van der Waals surface area contributed by atoms with Crippen LogP contribution >= 0.6 is 0 Å². The molecule has 74 valence electrons. The van der Waals surface area contributed by atoms with Crippen LogP contribution in [0.2, 0.25) is 0 Å². The Morgan fingerprint density at radius 3 is 2.64 bits per heavy atom. The summed E-state index contributed by atoms with van der Waals surface area (Å²) < 4.78 is 0. The van der Waals surface area contributed by atoms with E-state index in [4.69, 9.17) is 0 Å². The van der Waals surface area contributed by atoms with Crippen LogP contribution in [0.3, 0.4) is 0 Å². The molecule has 0 saturated heterocycles. The van der Waals surface area contributed by atoms with E-state index in [0.717, 1.165) is 6.42 Å². The third-order valence-electron chi connectivity index (χ3n) is 2.17. The zero-order chi connectivity index (χ0) is 10.1. The summed E-state index contributed by atoms with van der Waals surface area (Å²) in [6.07, 6.45) is 4.97. The minimum atomic E-state index is -0.307. The van der Waals surface area contributed by atoms with Crippen molar-refractivity contribution in [2.24, 2.45) is 0 Å². The van der Waals surface area contributed by atoms with Gasteiger partial charge in [-0.3, -0.25) is 0 Å². The predicted molar refractivity (Wildman–Crippen MR) is 66.5 cm³/mol. The van der Waals surface area contributed by atoms with Gasteiger partial charge in [-0.05, 0) is 6.42 Å². The largest absolute Gasteiger partial charge is 0.137 e. The average Bonchev–Trinajstić information content (AvgIpc) is 2.25. The molecule has 0 heterocycles. The lowest BCUT2D eigenvalue weighted by Gasteiger charge is -1.91. The van der Waals surface area contributed by atoms with Gasteiger partial charge in [-0.1, -0.05) is 55.3 Å². The third-order valence-corrected chi connectivity index (χ3v) is 3.47. The van der Waals surface area contributed by atoms with Gasteiger partial charge in [0.1, 0.15) is 9.52 Å². The van der Waals surface area contributed by atoms with E-state index >= 15 is 0 Å². The molecule has 0 spiro atoms. The zero-order valence-electron chi connectivity index (χ0n) is 8.92. The highest BCUT2D eigenvalue weighted by atomic mass is 28.2. The maximum Gasteiger partial charge on any atom is 0.137 e. The fourth-order valence-electron chi connectivity index (χ4n) is 1.31. The Labute approximate surface area is 89.6 Å². The van der Waals surface area contributed by atoms with Crippen molar-refractivity contribution in [2.75, 3.05) is 0 Å². The van der Waals surface area contributed by atoms with Crippen molar-refractivity contribution in [3.8, 4) is 11.5 Å². The van der Waals surface area contributed by atoms with E-state index in [1.54, 1.807) is 0 Å². The molecule has 1 aromatic carbocycles. The fraction of sp³-hybridized carbons (Fsp3) is 0.385. The van der Waals surface area contributed by atoms with Crippen molar-refractivity contribution in [2.45, 2.75) is 32.6 Å². The summed E-state index contributed by atoms with van der Waals surface area (Å²) >= 11 is 0. The van der Waals surface area contributed by atoms with Gasteiger partial charge in [0.05, 0.1) is 0 Å². The van der Waals surface area contributed by atoms with E-state index in [-0.39, 0.29) is 9.52 Å². The average molecular weight is 202 g/mol. The maximum absolute atomic E-state index is 3.35. The van der Waals surface area contributed by atoms with Gasteiger partial charge in [0, 0.05) is 6.42 Å². The lowest BCUT2D eigenvalue weighted by atomic mass is 10.2. The van der Waals surface area contributed by atoms with Gasteiger partial charge in [-0.25, -0.2) is 0 Å². The first-order valence-electron chi connectivity index (χ1n) is 5.43. The summed E-state index contributed by atoms with van der Waals surface area (Å²) in [5.74, 6) is 3.28. The topological polar surface area (TPSA) is 0 Å². The van der Waals surface area contributed by atoms with Crippen molar-refractivity contribution in [3.05, 3.63) is 30.3 Å². The molecule has 0 saturated carbocycles. The highest BCUT2D eigenvalue weighted by Gasteiger charge is 1.86. The summed E-state index contributed by atoms with van der Waals surface area (Å²) in [5, 5.41) is 1.45. The van der Waals surface area contributed by atoms with E-state index in [1.165, 1.54) is 24.4 Å². The molecule has 1 heteroatoms. The molecule has 0 amide bonds. The van der Waals surface area contributed by atoms with E-state index < -0.39 is 0 Å². The molecule has 1 aromatic rings. The SMILES string of the molecule is CCCCCC#C[SiH2]c1ccccc1. The number of benzene rings is 1. The molecule has 1 rings (SSSR count). The molecule has 0 unspecified atom stereocenters. The summed E-state index contributed by atoms with van der Waals surface area (Å²) in [5.41, 5.74) is 3.35. The monoisotopic (exact) mass is 202 g/mol. The van der Waals surface area contributed by atoms with Crippen LogP contribution in [-0.4, -0.2) is 9.52 Å². The van der Waals surface area contributed by atoms with Crippen molar-refractivity contribution in [1.82, 2.24) is 0 Å². The molecule has 0 aliphatic heterocycles. The molecule has 0 radical (unpaired) electrons. The Balaban J connectivity index is 2.20. The number of rotatable bonds is 4. The summed E-state index contributed by atoms with van der Waals surface area (Å²) in [6, 6.07) is 10.6. The Morgan fingerprint density at radius 2 is 1.93 bits per heavy atom. The number of hydrogen-bond donors (Lipinski definition) is 0. The van der Waals surface area contributed by atoms with Crippen molar-refractivity contribution in [1.29, 1.82) is 0 Å². The highest BCUT2D eigenvalue weighted by molar-refractivity contribution is 6.61. The molecule has 0 atom stereocenters. The lowest BCUT2D eigenvalue weighted by Crippen LogP contribution is -2.10. The molecule has 0 nitrogen and oxygen atoms in total. The second-order valence-electron chi connectivity index (χ2n) is 3.47. The highest BCUT2D eigenvalue weighted by Crippen LogP contribution is 1.96. The van der Waals surface area contributed by atoms with Crippen LogP contribution in [0.25, 0.3) is 0 Å². The molecule has 0 N–H and O–H groups in total.